The summed E-state index contributed by atoms with van der Waals surface area (Å²) in [4.78, 5) is 6.52. The Kier molecular flexibility index (Phi) is 2.67. The molecule has 1 aliphatic heterocycles. The van der Waals surface area contributed by atoms with Crippen molar-refractivity contribution >= 4 is 11.8 Å². The Bertz CT molecular complexity index is 645. The Balaban J connectivity index is 2.16. The summed E-state index contributed by atoms with van der Waals surface area (Å²) in [6, 6.07) is 10.7. The highest BCUT2D eigenvalue weighted by Crippen LogP contribution is 2.40. The summed E-state index contributed by atoms with van der Waals surface area (Å²) in [5.74, 6) is 0. The number of aromatic nitrogens is 1. The molecule has 1 aromatic carbocycles. The zero-order chi connectivity index (χ0) is 13.5. The second-order valence-corrected chi connectivity index (χ2v) is 5.29. The van der Waals surface area contributed by atoms with Gasteiger partial charge in [0.25, 0.3) is 0 Å². The van der Waals surface area contributed by atoms with Crippen molar-refractivity contribution in [3.05, 3.63) is 65.5 Å². The van der Waals surface area contributed by atoms with E-state index in [1.165, 1.54) is 22.4 Å². The second-order valence-electron chi connectivity index (χ2n) is 5.29. The first-order valence-electron chi connectivity index (χ1n) is 6.56. The van der Waals surface area contributed by atoms with Crippen LogP contribution >= 0.6 is 0 Å². The van der Waals surface area contributed by atoms with Crippen LogP contribution in [0.3, 0.4) is 0 Å². The SMILES string of the molecule is Cc1ccccc1C1(C)C=Cc2cnccc2N1C. The Labute approximate surface area is 114 Å². The number of pyridine rings is 1. The highest BCUT2D eigenvalue weighted by atomic mass is 15.2. The van der Waals surface area contributed by atoms with Gasteiger partial charge >= 0.3 is 0 Å². The van der Waals surface area contributed by atoms with Gasteiger partial charge in [0.15, 0.2) is 0 Å². The number of nitrogens with zero attached hydrogens (tertiary/aromatic N) is 2. The van der Waals surface area contributed by atoms with E-state index >= 15 is 0 Å². The van der Waals surface area contributed by atoms with Gasteiger partial charge in [-0.15, -0.1) is 0 Å². The van der Waals surface area contributed by atoms with Crippen molar-refractivity contribution in [1.29, 1.82) is 0 Å². The van der Waals surface area contributed by atoms with Crippen molar-refractivity contribution in [2.24, 2.45) is 0 Å². The van der Waals surface area contributed by atoms with Gasteiger partial charge in [-0.25, -0.2) is 0 Å². The third-order valence-corrected chi connectivity index (χ3v) is 4.16. The van der Waals surface area contributed by atoms with Gasteiger partial charge in [0.05, 0.1) is 5.54 Å². The van der Waals surface area contributed by atoms with E-state index in [0.29, 0.717) is 0 Å². The number of fused-ring (bicyclic) bond motifs is 1. The molecule has 0 aliphatic carbocycles. The summed E-state index contributed by atoms with van der Waals surface area (Å²) in [6.07, 6.45) is 8.21. The van der Waals surface area contributed by atoms with Crippen molar-refractivity contribution in [3.8, 4) is 0 Å². The number of aryl methyl sites for hydroxylation is 1. The minimum Gasteiger partial charge on any atom is -0.361 e. The first-order valence-corrected chi connectivity index (χ1v) is 6.56. The molecule has 0 radical (unpaired) electrons. The molecule has 0 saturated heterocycles. The molecule has 2 nitrogen and oxygen atoms in total. The monoisotopic (exact) mass is 250 g/mol. The lowest BCUT2D eigenvalue weighted by Crippen LogP contribution is -2.42. The minimum absolute atomic E-state index is 0.111. The normalized spacial score (nSPS) is 21.3. The summed E-state index contributed by atoms with van der Waals surface area (Å²) >= 11 is 0. The molecule has 1 aliphatic rings. The molecule has 19 heavy (non-hydrogen) atoms. The van der Waals surface area contributed by atoms with Gasteiger partial charge in [-0.2, -0.15) is 0 Å². The first kappa shape index (κ1) is 12.0. The van der Waals surface area contributed by atoms with Gasteiger partial charge in [0.2, 0.25) is 0 Å². The fraction of sp³-hybridized carbons (Fsp3) is 0.235. The molecule has 0 N–H and O–H groups in total. The lowest BCUT2D eigenvalue weighted by atomic mass is 9.84. The number of hydrogen-bond acceptors (Lipinski definition) is 2. The third-order valence-electron chi connectivity index (χ3n) is 4.16. The molecular formula is C17H18N2. The standard InChI is InChI=1S/C17H18N2/c1-13-6-4-5-7-15(13)17(2)10-8-14-12-18-11-9-16(14)19(17)3/h4-12H,1-3H3. The van der Waals surface area contributed by atoms with Crippen LogP contribution in [0.1, 0.15) is 23.6 Å². The summed E-state index contributed by atoms with van der Waals surface area (Å²) in [7, 11) is 2.15. The molecule has 0 saturated carbocycles. The van der Waals surface area contributed by atoms with Crippen LogP contribution in [0.2, 0.25) is 0 Å². The topological polar surface area (TPSA) is 16.1 Å². The van der Waals surface area contributed by atoms with E-state index in [4.69, 9.17) is 0 Å². The first-order chi connectivity index (χ1) is 9.13. The second kappa shape index (κ2) is 4.23. The zero-order valence-electron chi connectivity index (χ0n) is 11.6. The fourth-order valence-corrected chi connectivity index (χ4v) is 2.86. The Hall–Kier alpha value is -2.09. The van der Waals surface area contributed by atoms with E-state index in [1.54, 1.807) is 0 Å². The van der Waals surface area contributed by atoms with E-state index in [2.05, 4.69) is 73.3 Å². The Morgan fingerprint density at radius 3 is 2.74 bits per heavy atom. The van der Waals surface area contributed by atoms with Gasteiger partial charge in [-0.1, -0.05) is 36.4 Å². The van der Waals surface area contributed by atoms with Crippen LogP contribution in [0.5, 0.6) is 0 Å². The third kappa shape index (κ3) is 1.75. The highest BCUT2D eigenvalue weighted by Gasteiger charge is 2.33. The zero-order valence-corrected chi connectivity index (χ0v) is 11.6. The van der Waals surface area contributed by atoms with Crippen LogP contribution in [0.15, 0.2) is 48.8 Å². The molecule has 1 aromatic heterocycles. The summed E-state index contributed by atoms with van der Waals surface area (Å²) < 4.78 is 0. The van der Waals surface area contributed by atoms with E-state index in [-0.39, 0.29) is 5.54 Å². The van der Waals surface area contributed by atoms with Crippen molar-refractivity contribution in [3.63, 3.8) is 0 Å². The Morgan fingerprint density at radius 2 is 1.95 bits per heavy atom. The van der Waals surface area contributed by atoms with Gasteiger partial charge < -0.3 is 4.90 Å². The Morgan fingerprint density at radius 1 is 1.16 bits per heavy atom. The molecule has 3 rings (SSSR count). The van der Waals surface area contributed by atoms with Crippen molar-refractivity contribution in [2.45, 2.75) is 19.4 Å². The molecule has 2 heteroatoms. The van der Waals surface area contributed by atoms with Gasteiger partial charge in [0, 0.05) is 30.7 Å². The quantitative estimate of drug-likeness (QED) is 0.766. The number of benzene rings is 1. The average molecular weight is 250 g/mol. The molecule has 1 unspecified atom stereocenters. The molecule has 0 fully saturated rings. The minimum atomic E-state index is -0.111. The van der Waals surface area contributed by atoms with Crippen LogP contribution in [-0.2, 0) is 5.54 Å². The molecular weight excluding hydrogens is 232 g/mol. The number of likely N-dealkylation sites (N-methyl/N-ethyl adjacent to an activating group) is 1. The molecule has 0 amide bonds. The molecule has 96 valence electrons. The van der Waals surface area contributed by atoms with Crippen molar-refractivity contribution in [1.82, 2.24) is 4.98 Å². The summed E-state index contributed by atoms with van der Waals surface area (Å²) in [5, 5.41) is 0. The molecule has 2 heterocycles. The van der Waals surface area contributed by atoms with Crippen LogP contribution in [-0.4, -0.2) is 12.0 Å². The van der Waals surface area contributed by atoms with E-state index in [1.807, 2.05) is 12.4 Å². The lowest BCUT2D eigenvalue weighted by Gasteiger charge is -2.42. The molecule has 2 aromatic rings. The molecule has 0 spiro atoms. The van der Waals surface area contributed by atoms with Crippen molar-refractivity contribution < 1.29 is 0 Å². The van der Waals surface area contributed by atoms with E-state index in [9.17, 15) is 0 Å². The van der Waals surface area contributed by atoms with E-state index < -0.39 is 0 Å². The maximum absolute atomic E-state index is 4.19. The predicted octanol–water partition coefficient (Wildman–Crippen LogP) is 3.77. The maximum Gasteiger partial charge on any atom is 0.0811 e. The van der Waals surface area contributed by atoms with Crippen LogP contribution < -0.4 is 4.90 Å². The van der Waals surface area contributed by atoms with Crippen molar-refractivity contribution in [2.75, 3.05) is 11.9 Å². The van der Waals surface area contributed by atoms with Crippen LogP contribution in [0, 0.1) is 6.92 Å². The van der Waals surface area contributed by atoms with Gasteiger partial charge in [0.1, 0.15) is 0 Å². The average Bonchev–Trinajstić information content (AvgIpc) is 2.44. The van der Waals surface area contributed by atoms with Gasteiger partial charge in [-0.3, -0.25) is 4.98 Å². The lowest BCUT2D eigenvalue weighted by molar-refractivity contribution is 0.574. The highest BCUT2D eigenvalue weighted by molar-refractivity contribution is 5.73. The van der Waals surface area contributed by atoms with E-state index in [0.717, 1.165) is 0 Å². The largest absolute Gasteiger partial charge is 0.361 e. The number of anilines is 1. The molecule has 1 atom stereocenters. The maximum atomic E-state index is 4.19. The van der Waals surface area contributed by atoms with Crippen LogP contribution in [0.25, 0.3) is 6.08 Å². The number of rotatable bonds is 1. The van der Waals surface area contributed by atoms with Gasteiger partial charge in [-0.05, 0) is 31.0 Å². The fourth-order valence-electron chi connectivity index (χ4n) is 2.86. The van der Waals surface area contributed by atoms with Crippen LogP contribution in [0.4, 0.5) is 5.69 Å². The smallest absolute Gasteiger partial charge is 0.0811 e. The summed E-state index contributed by atoms with van der Waals surface area (Å²) in [5.41, 5.74) is 4.95. The number of hydrogen-bond donors (Lipinski definition) is 0. The predicted molar refractivity (Wildman–Crippen MR) is 80.2 cm³/mol. The summed E-state index contributed by atoms with van der Waals surface area (Å²) in [6.45, 7) is 4.43. The molecule has 0 bridgehead atoms.